The summed E-state index contributed by atoms with van der Waals surface area (Å²) in [4.78, 5) is 25.4. The highest BCUT2D eigenvalue weighted by Gasteiger charge is 2.30. The lowest BCUT2D eigenvalue weighted by molar-refractivity contribution is 0.0910. The number of amides is 1. The van der Waals surface area contributed by atoms with Crippen molar-refractivity contribution in [2.45, 2.75) is 58.5 Å². The number of rotatable bonds is 5. The van der Waals surface area contributed by atoms with Gasteiger partial charge in [-0.15, -0.1) is 10.2 Å². The van der Waals surface area contributed by atoms with Gasteiger partial charge in [0.2, 0.25) is 0 Å². The standard InChI is InChI=1S/C20H27N5O3/c1-12(2)10-14(19-24-23-17-6-7-21-8-9-25(17)19)22-20(27)13-11-28-16-5-3-4-15(26)18(13)16/h11-12,14,21H,3-10H2,1-2H3,(H,22,27)/t14-/m1/s1. The van der Waals surface area contributed by atoms with Gasteiger partial charge in [0.25, 0.3) is 5.91 Å². The van der Waals surface area contributed by atoms with E-state index in [1.807, 2.05) is 0 Å². The average molecular weight is 385 g/mol. The third kappa shape index (κ3) is 3.61. The molecule has 0 saturated carbocycles. The average Bonchev–Trinajstić information content (AvgIpc) is 3.19. The molecule has 28 heavy (non-hydrogen) atoms. The highest BCUT2D eigenvalue weighted by atomic mass is 16.3. The van der Waals surface area contributed by atoms with Crippen molar-refractivity contribution in [1.29, 1.82) is 0 Å². The molecular formula is C20H27N5O3. The van der Waals surface area contributed by atoms with Gasteiger partial charge in [-0.05, 0) is 18.8 Å². The Morgan fingerprint density at radius 2 is 2.14 bits per heavy atom. The summed E-state index contributed by atoms with van der Waals surface area (Å²) in [6.07, 6.45) is 4.92. The predicted octanol–water partition coefficient (Wildman–Crippen LogP) is 2.05. The Balaban J connectivity index is 1.61. The highest BCUT2D eigenvalue weighted by Crippen LogP contribution is 2.28. The molecule has 2 aromatic heterocycles. The number of Topliss-reactive ketones (excluding diaryl/α,β-unsaturated/α-hetero) is 1. The van der Waals surface area contributed by atoms with Crippen molar-refractivity contribution in [2.75, 3.05) is 13.1 Å². The summed E-state index contributed by atoms with van der Waals surface area (Å²) in [5, 5.41) is 15.2. The van der Waals surface area contributed by atoms with Gasteiger partial charge in [0.05, 0.1) is 17.2 Å². The number of carbonyl (C=O) groups excluding carboxylic acids is 2. The molecule has 0 aromatic carbocycles. The van der Waals surface area contributed by atoms with Gasteiger partial charge in [-0.25, -0.2) is 0 Å². The van der Waals surface area contributed by atoms with E-state index < -0.39 is 0 Å². The molecule has 2 N–H and O–H groups in total. The summed E-state index contributed by atoms with van der Waals surface area (Å²) in [6.45, 7) is 6.74. The SMILES string of the molecule is CC(C)C[C@@H](NC(=O)c1coc2c1C(=O)CCC2)c1nnc2n1CCNCC2. The molecular weight excluding hydrogens is 358 g/mol. The first-order valence-corrected chi connectivity index (χ1v) is 10.1. The Morgan fingerprint density at radius 3 is 2.96 bits per heavy atom. The maximum absolute atomic E-state index is 13.1. The van der Waals surface area contributed by atoms with E-state index in [0.29, 0.717) is 35.6 Å². The van der Waals surface area contributed by atoms with Crippen molar-refractivity contribution in [3.05, 3.63) is 34.8 Å². The van der Waals surface area contributed by atoms with Crippen molar-refractivity contribution in [3.63, 3.8) is 0 Å². The molecule has 0 unspecified atom stereocenters. The van der Waals surface area contributed by atoms with Crippen molar-refractivity contribution in [1.82, 2.24) is 25.4 Å². The van der Waals surface area contributed by atoms with Crippen LogP contribution in [-0.2, 0) is 19.4 Å². The fourth-order valence-corrected chi connectivity index (χ4v) is 4.08. The molecule has 0 bridgehead atoms. The van der Waals surface area contributed by atoms with E-state index >= 15 is 0 Å². The van der Waals surface area contributed by atoms with Crippen molar-refractivity contribution < 1.29 is 14.0 Å². The summed E-state index contributed by atoms with van der Waals surface area (Å²) >= 11 is 0. The van der Waals surface area contributed by atoms with Gasteiger partial charge in [-0.3, -0.25) is 9.59 Å². The summed E-state index contributed by atoms with van der Waals surface area (Å²) < 4.78 is 7.63. The number of aromatic nitrogens is 3. The van der Waals surface area contributed by atoms with E-state index in [4.69, 9.17) is 4.42 Å². The Morgan fingerprint density at radius 1 is 1.29 bits per heavy atom. The van der Waals surface area contributed by atoms with Gasteiger partial charge >= 0.3 is 0 Å². The van der Waals surface area contributed by atoms with E-state index in [-0.39, 0.29) is 17.7 Å². The van der Waals surface area contributed by atoms with E-state index in [0.717, 1.165) is 50.5 Å². The molecule has 8 heteroatoms. The minimum absolute atomic E-state index is 0.0111. The van der Waals surface area contributed by atoms with Gasteiger partial charge in [-0.2, -0.15) is 0 Å². The van der Waals surface area contributed by atoms with Gasteiger partial charge in [0.15, 0.2) is 11.6 Å². The van der Waals surface area contributed by atoms with Crippen LogP contribution in [0.25, 0.3) is 0 Å². The molecule has 2 aliphatic rings. The van der Waals surface area contributed by atoms with Crippen molar-refractivity contribution in [2.24, 2.45) is 5.92 Å². The fourth-order valence-electron chi connectivity index (χ4n) is 4.08. The van der Waals surface area contributed by atoms with Crippen LogP contribution in [0, 0.1) is 5.92 Å². The van der Waals surface area contributed by atoms with Crippen LogP contribution >= 0.6 is 0 Å². The fraction of sp³-hybridized carbons (Fsp3) is 0.600. The van der Waals surface area contributed by atoms with Crippen LogP contribution in [0.1, 0.15) is 77.3 Å². The molecule has 0 spiro atoms. The normalized spacial score (nSPS) is 17.8. The maximum atomic E-state index is 13.1. The Kier molecular flexibility index (Phi) is 5.30. The number of nitrogens with zero attached hydrogens (tertiary/aromatic N) is 3. The Labute approximate surface area is 164 Å². The lowest BCUT2D eigenvalue weighted by Gasteiger charge is -2.21. The Hall–Kier alpha value is -2.48. The minimum Gasteiger partial charge on any atom is -0.468 e. The summed E-state index contributed by atoms with van der Waals surface area (Å²) in [7, 11) is 0. The van der Waals surface area contributed by atoms with Crippen LogP contribution in [0.2, 0.25) is 0 Å². The topological polar surface area (TPSA) is 102 Å². The molecule has 8 nitrogen and oxygen atoms in total. The third-order valence-electron chi connectivity index (χ3n) is 5.42. The molecule has 2 aromatic rings. The molecule has 0 radical (unpaired) electrons. The summed E-state index contributed by atoms with van der Waals surface area (Å²) in [5.41, 5.74) is 0.794. The monoisotopic (exact) mass is 385 g/mol. The number of fused-ring (bicyclic) bond motifs is 2. The van der Waals surface area contributed by atoms with Crippen molar-refractivity contribution >= 4 is 11.7 Å². The number of aryl methyl sites for hydroxylation is 1. The molecule has 3 heterocycles. The smallest absolute Gasteiger partial charge is 0.255 e. The summed E-state index contributed by atoms with van der Waals surface area (Å²) in [6, 6.07) is -0.268. The first kappa shape index (κ1) is 18.9. The first-order valence-electron chi connectivity index (χ1n) is 10.1. The molecule has 1 aliphatic heterocycles. The quantitative estimate of drug-likeness (QED) is 0.817. The lowest BCUT2D eigenvalue weighted by atomic mass is 9.93. The second-order valence-electron chi connectivity index (χ2n) is 8.01. The van der Waals surface area contributed by atoms with Gasteiger partial charge in [-0.1, -0.05) is 13.8 Å². The van der Waals surface area contributed by atoms with Crippen LogP contribution in [0.4, 0.5) is 0 Å². The van der Waals surface area contributed by atoms with Crippen LogP contribution in [0.15, 0.2) is 10.7 Å². The van der Waals surface area contributed by atoms with Crippen molar-refractivity contribution in [3.8, 4) is 0 Å². The zero-order valence-electron chi connectivity index (χ0n) is 16.5. The summed E-state index contributed by atoms with van der Waals surface area (Å²) in [5.74, 6) is 2.42. The van der Waals surface area contributed by atoms with Crippen LogP contribution in [0.3, 0.4) is 0 Å². The zero-order chi connectivity index (χ0) is 19.7. The van der Waals surface area contributed by atoms with E-state index in [1.54, 1.807) is 0 Å². The molecule has 1 amide bonds. The Bertz CT molecular complexity index is 883. The molecule has 150 valence electrons. The van der Waals surface area contributed by atoms with E-state index in [9.17, 15) is 9.59 Å². The van der Waals surface area contributed by atoms with Crippen LogP contribution in [-0.4, -0.2) is 39.5 Å². The number of hydrogen-bond donors (Lipinski definition) is 2. The number of nitrogens with one attached hydrogen (secondary N) is 2. The molecule has 1 aliphatic carbocycles. The number of carbonyl (C=O) groups is 2. The second-order valence-corrected chi connectivity index (χ2v) is 8.01. The largest absolute Gasteiger partial charge is 0.468 e. The predicted molar refractivity (Wildman–Crippen MR) is 102 cm³/mol. The number of hydrogen-bond acceptors (Lipinski definition) is 6. The van der Waals surface area contributed by atoms with Crippen LogP contribution in [0.5, 0.6) is 0 Å². The first-order chi connectivity index (χ1) is 13.5. The third-order valence-corrected chi connectivity index (χ3v) is 5.42. The number of furan rings is 1. The molecule has 0 fully saturated rings. The van der Waals surface area contributed by atoms with E-state index in [2.05, 4.69) is 39.2 Å². The molecule has 4 rings (SSSR count). The molecule has 0 saturated heterocycles. The molecule has 1 atom stereocenters. The second kappa shape index (κ2) is 7.87. The zero-order valence-corrected chi connectivity index (χ0v) is 16.5. The maximum Gasteiger partial charge on any atom is 0.255 e. The van der Waals surface area contributed by atoms with E-state index in [1.165, 1.54) is 6.26 Å². The van der Waals surface area contributed by atoms with Gasteiger partial charge in [0.1, 0.15) is 17.8 Å². The number of ketones is 1. The lowest BCUT2D eigenvalue weighted by Crippen LogP contribution is -2.33. The highest BCUT2D eigenvalue weighted by molar-refractivity contribution is 6.09. The van der Waals surface area contributed by atoms with Gasteiger partial charge in [0, 0.05) is 38.9 Å². The minimum atomic E-state index is -0.282. The van der Waals surface area contributed by atoms with Gasteiger partial charge < -0.3 is 19.6 Å². The van der Waals surface area contributed by atoms with Crippen LogP contribution < -0.4 is 10.6 Å².